The Morgan fingerprint density at radius 2 is 2.06 bits per heavy atom. The van der Waals surface area contributed by atoms with Crippen molar-refractivity contribution >= 4 is 22.9 Å². The van der Waals surface area contributed by atoms with E-state index in [9.17, 15) is 9.18 Å². The monoisotopic (exact) mass is 250 g/mol. The molecule has 17 heavy (non-hydrogen) atoms. The van der Waals surface area contributed by atoms with Crippen molar-refractivity contribution in [1.82, 2.24) is 4.98 Å². The fourth-order valence-corrected chi connectivity index (χ4v) is 2.30. The van der Waals surface area contributed by atoms with Crippen molar-refractivity contribution in [3.63, 3.8) is 0 Å². The smallest absolute Gasteiger partial charge is 0.275 e. The molecule has 0 radical (unpaired) electrons. The number of benzene rings is 1. The maximum Gasteiger partial charge on any atom is 0.275 e. The van der Waals surface area contributed by atoms with Crippen LogP contribution in [0.15, 0.2) is 24.3 Å². The molecule has 5 heteroatoms. The fraction of sp³-hybridized carbons (Fsp3) is 0.167. The predicted octanol–water partition coefficient (Wildman–Crippen LogP) is 3.15. The summed E-state index contributed by atoms with van der Waals surface area (Å²) >= 11 is 1.45. The lowest BCUT2D eigenvalue weighted by atomic mass is 10.3. The highest BCUT2D eigenvalue weighted by Gasteiger charge is 2.15. The molecule has 0 fully saturated rings. The molecule has 0 saturated heterocycles. The van der Waals surface area contributed by atoms with Crippen molar-refractivity contribution in [2.24, 2.45) is 0 Å². The molecule has 3 nitrogen and oxygen atoms in total. The molecule has 0 atom stereocenters. The Bertz CT molecular complexity index is 565. The first-order valence-electron chi connectivity index (χ1n) is 5.08. The molecule has 0 unspecified atom stereocenters. The number of carbonyl (C=O) groups excluding carboxylic acids is 1. The van der Waals surface area contributed by atoms with Crippen LogP contribution in [-0.2, 0) is 0 Å². The van der Waals surface area contributed by atoms with E-state index in [1.54, 1.807) is 12.1 Å². The lowest BCUT2D eigenvalue weighted by Gasteiger charge is -2.04. The van der Waals surface area contributed by atoms with Crippen LogP contribution in [0.3, 0.4) is 0 Å². The van der Waals surface area contributed by atoms with Gasteiger partial charge in [0.25, 0.3) is 5.91 Å². The average molecular weight is 250 g/mol. The summed E-state index contributed by atoms with van der Waals surface area (Å²) in [4.78, 5) is 16.8. The van der Waals surface area contributed by atoms with Crippen molar-refractivity contribution < 1.29 is 9.18 Å². The van der Waals surface area contributed by atoms with Gasteiger partial charge >= 0.3 is 0 Å². The van der Waals surface area contributed by atoms with Crippen LogP contribution in [0.25, 0.3) is 0 Å². The summed E-state index contributed by atoms with van der Waals surface area (Å²) in [6.45, 7) is 3.65. The zero-order valence-corrected chi connectivity index (χ0v) is 10.3. The number of aryl methyl sites for hydroxylation is 2. The third kappa shape index (κ3) is 2.50. The summed E-state index contributed by atoms with van der Waals surface area (Å²) in [5, 5.41) is 3.33. The molecule has 1 amide bonds. The number of anilines is 1. The number of rotatable bonds is 2. The van der Waals surface area contributed by atoms with Gasteiger partial charge < -0.3 is 5.32 Å². The lowest BCUT2D eigenvalue weighted by Crippen LogP contribution is -2.14. The topological polar surface area (TPSA) is 42.0 Å². The number of hydrogen-bond donors (Lipinski definition) is 1. The Kier molecular flexibility index (Phi) is 3.19. The number of carbonyl (C=O) groups is 1. The van der Waals surface area contributed by atoms with Crippen LogP contribution in [0.2, 0.25) is 0 Å². The van der Waals surface area contributed by atoms with E-state index in [4.69, 9.17) is 0 Å². The molecule has 2 rings (SSSR count). The highest BCUT2D eigenvalue weighted by Crippen LogP contribution is 2.19. The van der Waals surface area contributed by atoms with Gasteiger partial charge in [0.15, 0.2) is 0 Å². The van der Waals surface area contributed by atoms with Crippen LogP contribution in [0.5, 0.6) is 0 Å². The largest absolute Gasteiger partial charge is 0.318 e. The van der Waals surface area contributed by atoms with Gasteiger partial charge in [-0.05, 0) is 26.0 Å². The Labute approximate surface area is 102 Å². The third-order valence-corrected chi connectivity index (χ3v) is 3.13. The predicted molar refractivity (Wildman–Crippen MR) is 65.9 cm³/mol. The van der Waals surface area contributed by atoms with Crippen LogP contribution >= 0.6 is 11.3 Å². The van der Waals surface area contributed by atoms with Crippen molar-refractivity contribution in [2.75, 3.05) is 5.32 Å². The molecule has 1 aromatic carbocycles. The van der Waals surface area contributed by atoms with Gasteiger partial charge in [-0.15, -0.1) is 11.3 Å². The molecule has 0 aliphatic heterocycles. The average Bonchev–Trinajstić information content (AvgIpc) is 2.61. The quantitative estimate of drug-likeness (QED) is 0.889. The van der Waals surface area contributed by atoms with E-state index >= 15 is 0 Å². The minimum absolute atomic E-state index is 0.169. The molecule has 0 aliphatic carbocycles. The van der Waals surface area contributed by atoms with E-state index in [0.29, 0.717) is 5.69 Å². The molecular weight excluding hydrogens is 239 g/mol. The van der Waals surface area contributed by atoms with E-state index < -0.39 is 5.82 Å². The maximum atomic E-state index is 13.3. The second-order valence-corrected chi connectivity index (χ2v) is 4.98. The second-order valence-electron chi connectivity index (χ2n) is 3.57. The van der Waals surface area contributed by atoms with Gasteiger partial charge in [0.2, 0.25) is 0 Å². The van der Waals surface area contributed by atoms with E-state index in [0.717, 1.165) is 9.88 Å². The zero-order valence-electron chi connectivity index (χ0n) is 9.45. The molecule has 88 valence electrons. The number of nitrogens with one attached hydrogen (secondary N) is 1. The summed E-state index contributed by atoms with van der Waals surface area (Å²) in [6.07, 6.45) is 0. The van der Waals surface area contributed by atoms with Crippen LogP contribution in [0.4, 0.5) is 10.1 Å². The Morgan fingerprint density at radius 1 is 1.35 bits per heavy atom. The fourth-order valence-electron chi connectivity index (χ4n) is 1.48. The summed E-state index contributed by atoms with van der Waals surface area (Å²) in [6, 6.07) is 6.05. The maximum absolute atomic E-state index is 13.3. The highest BCUT2D eigenvalue weighted by atomic mass is 32.1. The summed E-state index contributed by atoms with van der Waals surface area (Å²) in [5.41, 5.74) is 0.526. The molecule has 1 heterocycles. The van der Waals surface area contributed by atoms with Gasteiger partial charge in [-0.3, -0.25) is 4.79 Å². The molecule has 1 aromatic heterocycles. The van der Waals surface area contributed by atoms with Gasteiger partial charge in [0, 0.05) is 4.88 Å². The SMILES string of the molecule is Cc1nc(C(=O)Nc2ccccc2F)c(C)s1. The molecule has 0 aliphatic rings. The zero-order chi connectivity index (χ0) is 12.4. The normalized spacial score (nSPS) is 10.3. The van der Waals surface area contributed by atoms with E-state index in [1.807, 2.05) is 13.8 Å². The van der Waals surface area contributed by atoms with Crippen LogP contribution in [-0.4, -0.2) is 10.9 Å². The Balaban J connectivity index is 2.23. The minimum atomic E-state index is -0.453. The van der Waals surface area contributed by atoms with Crippen molar-refractivity contribution in [1.29, 1.82) is 0 Å². The Hall–Kier alpha value is -1.75. The van der Waals surface area contributed by atoms with Gasteiger partial charge in [-0.1, -0.05) is 12.1 Å². The number of amides is 1. The number of thiazole rings is 1. The molecular formula is C12H11FN2OS. The first-order chi connectivity index (χ1) is 8.08. The summed E-state index contributed by atoms with van der Waals surface area (Å²) in [5.74, 6) is -0.831. The van der Waals surface area contributed by atoms with Gasteiger partial charge in [-0.25, -0.2) is 9.37 Å². The number of hydrogen-bond acceptors (Lipinski definition) is 3. The van der Waals surface area contributed by atoms with Crippen LogP contribution < -0.4 is 5.32 Å². The Morgan fingerprint density at radius 3 is 2.65 bits per heavy atom. The van der Waals surface area contributed by atoms with Crippen LogP contribution in [0, 0.1) is 19.7 Å². The molecule has 1 N–H and O–H groups in total. The second kappa shape index (κ2) is 4.63. The number of halogens is 1. The number of aromatic nitrogens is 1. The van der Waals surface area contributed by atoms with Crippen molar-refractivity contribution in [3.8, 4) is 0 Å². The van der Waals surface area contributed by atoms with Crippen molar-refractivity contribution in [3.05, 3.63) is 45.7 Å². The summed E-state index contributed by atoms with van der Waals surface area (Å²) < 4.78 is 13.3. The van der Waals surface area contributed by atoms with Crippen molar-refractivity contribution in [2.45, 2.75) is 13.8 Å². The van der Waals surface area contributed by atoms with Gasteiger partial charge in [-0.2, -0.15) is 0 Å². The van der Waals surface area contributed by atoms with E-state index in [-0.39, 0.29) is 11.6 Å². The third-order valence-electron chi connectivity index (χ3n) is 2.24. The first-order valence-corrected chi connectivity index (χ1v) is 5.89. The van der Waals surface area contributed by atoms with E-state index in [2.05, 4.69) is 10.3 Å². The minimum Gasteiger partial charge on any atom is -0.318 e. The lowest BCUT2D eigenvalue weighted by molar-refractivity contribution is 0.102. The van der Waals surface area contributed by atoms with Crippen LogP contribution in [0.1, 0.15) is 20.4 Å². The molecule has 0 spiro atoms. The summed E-state index contributed by atoms with van der Waals surface area (Å²) in [7, 11) is 0. The number of para-hydroxylation sites is 1. The molecule has 0 bridgehead atoms. The van der Waals surface area contributed by atoms with Gasteiger partial charge in [0.1, 0.15) is 11.5 Å². The standard InChI is InChI=1S/C12H11FN2OS/c1-7-11(14-8(2)17-7)12(16)15-10-6-4-3-5-9(10)13/h3-6H,1-2H3,(H,15,16). The molecule has 2 aromatic rings. The molecule has 0 saturated carbocycles. The first kappa shape index (κ1) is 11.7. The number of nitrogens with zero attached hydrogens (tertiary/aromatic N) is 1. The van der Waals surface area contributed by atoms with E-state index in [1.165, 1.54) is 23.5 Å². The van der Waals surface area contributed by atoms with Gasteiger partial charge in [0.05, 0.1) is 10.7 Å². The highest BCUT2D eigenvalue weighted by molar-refractivity contribution is 7.11.